The predicted octanol–water partition coefficient (Wildman–Crippen LogP) is 3.35. The lowest BCUT2D eigenvalue weighted by Gasteiger charge is -2.35. The molecule has 3 N–H and O–H groups in total. The molecule has 1 heterocycles. The van der Waals surface area contributed by atoms with Gasteiger partial charge in [0.2, 0.25) is 0 Å². The van der Waals surface area contributed by atoms with Gasteiger partial charge in [0.1, 0.15) is 5.69 Å². The number of aromatic nitrogens is 1. The molecule has 0 spiro atoms. The van der Waals surface area contributed by atoms with E-state index in [1.807, 2.05) is 10.8 Å². The second-order valence-electron chi connectivity index (χ2n) is 7.09. The molecule has 1 aliphatic carbocycles. The second kappa shape index (κ2) is 5.51. The van der Waals surface area contributed by atoms with Gasteiger partial charge in [0, 0.05) is 18.3 Å². The van der Waals surface area contributed by atoms with Gasteiger partial charge in [0.15, 0.2) is 0 Å². The van der Waals surface area contributed by atoms with Crippen molar-refractivity contribution in [3.8, 4) is 0 Å². The average Bonchev–Trinajstić information content (AvgIpc) is 2.70. The molecule has 1 fully saturated rings. The minimum absolute atomic E-state index is 0.00176. The van der Waals surface area contributed by atoms with Crippen molar-refractivity contribution in [3.63, 3.8) is 0 Å². The molecule has 4 heteroatoms. The molecule has 2 rings (SSSR count). The van der Waals surface area contributed by atoms with Crippen molar-refractivity contribution in [1.82, 2.24) is 9.88 Å². The third kappa shape index (κ3) is 3.35. The molecule has 0 aromatic carbocycles. The summed E-state index contributed by atoms with van der Waals surface area (Å²) in [5, 5.41) is 3.18. The number of hydrogen-bond acceptors (Lipinski definition) is 2. The molecule has 1 unspecified atom stereocenters. The van der Waals surface area contributed by atoms with Crippen molar-refractivity contribution < 1.29 is 4.79 Å². The number of hydrogen-bond donors (Lipinski definition) is 2. The zero-order valence-corrected chi connectivity index (χ0v) is 13.1. The van der Waals surface area contributed by atoms with Crippen molar-refractivity contribution in [3.05, 3.63) is 18.0 Å². The number of nitrogens with zero attached hydrogens (tertiary/aromatic N) is 1. The van der Waals surface area contributed by atoms with Crippen LogP contribution in [-0.2, 0) is 0 Å². The smallest absolute Gasteiger partial charge is 0.268 e. The van der Waals surface area contributed by atoms with Crippen LogP contribution in [0, 0.1) is 5.41 Å². The maximum atomic E-state index is 12.5. The summed E-state index contributed by atoms with van der Waals surface area (Å²) in [6.07, 6.45) is 6.40. The number of rotatable bonds is 3. The minimum atomic E-state index is -0.00176. The Balaban J connectivity index is 2.09. The van der Waals surface area contributed by atoms with Crippen LogP contribution in [0.5, 0.6) is 0 Å². The summed E-state index contributed by atoms with van der Waals surface area (Å²) in [5.41, 5.74) is 7.47. The van der Waals surface area contributed by atoms with Gasteiger partial charge in [-0.1, -0.05) is 20.3 Å². The maximum Gasteiger partial charge on any atom is 0.268 e. The highest BCUT2D eigenvalue weighted by Gasteiger charge is 2.29. The van der Waals surface area contributed by atoms with Gasteiger partial charge in [-0.25, -0.2) is 0 Å². The highest BCUT2D eigenvalue weighted by molar-refractivity contribution is 5.94. The van der Waals surface area contributed by atoms with Crippen LogP contribution in [-0.4, -0.2) is 16.5 Å². The van der Waals surface area contributed by atoms with Crippen LogP contribution in [0.4, 0.5) is 5.69 Å². The predicted molar refractivity (Wildman–Crippen MR) is 82.7 cm³/mol. The van der Waals surface area contributed by atoms with Crippen molar-refractivity contribution >= 4 is 11.6 Å². The number of nitrogens with two attached hydrogens (primary N) is 1. The molecule has 1 aromatic rings. The van der Waals surface area contributed by atoms with Gasteiger partial charge in [0.05, 0.1) is 5.69 Å². The first-order valence-electron chi connectivity index (χ1n) is 7.57. The Bertz CT molecular complexity index is 488. The van der Waals surface area contributed by atoms with E-state index in [1.165, 1.54) is 12.8 Å². The van der Waals surface area contributed by atoms with Gasteiger partial charge in [0.25, 0.3) is 5.91 Å². The lowest BCUT2D eigenvalue weighted by Crippen LogP contribution is -2.41. The number of nitrogens with one attached hydrogen (secondary N) is 1. The maximum absolute atomic E-state index is 12.5. The van der Waals surface area contributed by atoms with E-state index in [1.54, 1.807) is 6.07 Å². The minimum Gasteiger partial charge on any atom is -0.397 e. The molecule has 112 valence electrons. The van der Waals surface area contributed by atoms with Gasteiger partial charge in [-0.3, -0.25) is 4.79 Å². The SMILES string of the molecule is CC(C)n1cc(N)cc1C(=O)NC1CCCC(C)(C)C1. The van der Waals surface area contributed by atoms with Crippen LogP contribution >= 0.6 is 0 Å². The Hall–Kier alpha value is -1.45. The monoisotopic (exact) mass is 277 g/mol. The molecule has 4 nitrogen and oxygen atoms in total. The van der Waals surface area contributed by atoms with Gasteiger partial charge < -0.3 is 15.6 Å². The number of carbonyl (C=O) groups is 1. The van der Waals surface area contributed by atoms with E-state index in [0.29, 0.717) is 16.8 Å². The zero-order chi connectivity index (χ0) is 14.9. The van der Waals surface area contributed by atoms with E-state index in [0.717, 1.165) is 12.8 Å². The van der Waals surface area contributed by atoms with Crippen molar-refractivity contribution in [2.75, 3.05) is 5.73 Å². The molecule has 0 saturated heterocycles. The lowest BCUT2D eigenvalue weighted by atomic mass is 9.75. The van der Waals surface area contributed by atoms with Crippen molar-refractivity contribution in [2.24, 2.45) is 5.41 Å². The van der Waals surface area contributed by atoms with E-state index in [4.69, 9.17) is 5.73 Å². The van der Waals surface area contributed by atoms with Gasteiger partial charge in [-0.15, -0.1) is 0 Å². The molecule has 0 bridgehead atoms. The van der Waals surface area contributed by atoms with Crippen LogP contribution in [0.3, 0.4) is 0 Å². The number of anilines is 1. The first kappa shape index (κ1) is 14.9. The van der Waals surface area contributed by atoms with Crippen LogP contribution in [0.25, 0.3) is 0 Å². The Morgan fingerprint density at radius 2 is 2.20 bits per heavy atom. The molecule has 0 radical (unpaired) electrons. The molecule has 1 aromatic heterocycles. The van der Waals surface area contributed by atoms with Crippen LogP contribution in [0.1, 0.15) is 69.9 Å². The highest BCUT2D eigenvalue weighted by atomic mass is 16.2. The Morgan fingerprint density at radius 3 is 2.80 bits per heavy atom. The number of nitrogen functional groups attached to an aromatic ring is 1. The fourth-order valence-electron chi connectivity index (χ4n) is 3.19. The first-order chi connectivity index (χ1) is 9.28. The molecular weight excluding hydrogens is 250 g/mol. The summed E-state index contributed by atoms with van der Waals surface area (Å²) in [6.45, 7) is 8.67. The second-order valence-corrected chi connectivity index (χ2v) is 7.09. The topological polar surface area (TPSA) is 60.0 Å². The van der Waals surface area contributed by atoms with Crippen LogP contribution in [0.2, 0.25) is 0 Å². The van der Waals surface area contributed by atoms with E-state index >= 15 is 0 Å². The van der Waals surface area contributed by atoms with E-state index < -0.39 is 0 Å². The largest absolute Gasteiger partial charge is 0.397 e. The van der Waals surface area contributed by atoms with Gasteiger partial charge in [-0.2, -0.15) is 0 Å². The Morgan fingerprint density at radius 1 is 1.50 bits per heavy atom. The van der Waals surface area contributed by atoms with Crippen LogP contribution < -0.4 is 11.1 Å². The third-order valence-electron chi connectivity index (χ3n) is 4.20. The molecule has 0 aliphatic heterocycles. The fraction of sp³-hybridized carbons (Fsp3) is 0.688. The summed E-state index contributed by atoms with van der Waals surface area (Å²) in [5.74, 6) is -0.00176. The molecule has 20 heavy (non-hydrogen) atoms. The summed E-state index contributed by atoms with van der Waals surface area (Å²) in [6, 6.07) is 2.28. The van der Waals surface area contributed by atoms with Crippen molar-refractivity contribution in [1.29, 1.82) is 0 Å². The number of carbonyl (C=O) groups excluding carboxylic acids is 1. The quantitative estimate of drug-likeness (QED) is 0.890. The molecule has 1 amide bonds. The normalized spacial score (nSPS) is 21.9. The van der Waals surface area contributed by atoms with E-state index in [-0.39, 0.29) is 18.0 Å². The summed E-state index contributed by atoms with van der Waals surface area (Å²) < 4.78 is 1.94. The van der Waals surface area contributed by atoms with E-state index in [2.05, 4.69) is 33.0 Å². The molecule has 1 atom stereocenters. The first-order valence-corrected chi connectivity index (χ1v) is 7.57. The Kier molecular flexibility index (Phi) is 4.11. The standard InChI is InChI=1S/C16H27N3O/c1-11(2)19-10-12(17)8-14(19)15(20)18-13-6-5-7-16(3,4)9-13/h8,10-11,13H,5-7,9,17H2,1-4H3,(H,18,20). The summed E-state index contributed by atoms with van der Waals surface area (Å²) >= 11 is 0. The van der Waals surface area contributed by atoms with Gasteiger partial charge in [-0.05, 0) is 44.6 Å². The average molecular weight is 277 g/mol. The number of amides is 1. The fourth-order valence-corrected chi connectivity index (χ4v) is 3.19. The van der Waals surface area contributed by atoms with Crippen LogP contribution in [0.15, 0.2) is 12.3 Å². The van der Waals surface area contributed by atoms with Crippen molar-refractivity contribution in [2.45, 2.75) is 65.5 Å². The third-order valence-corrected chi connectivity index (χ3v) is 4.20. The summed E-state index contributed by atoms with van der Waals surface area (Å²) in [7, 11) is 0. The molecular formula is C16H27N3O. The molecule has 1 aliphatic rings. The molecule has 1 saturated carbocycles. The highest BCUT2D eigenvalue weighted by Crippen LogP contribution is 2.35. The Labute approximate surface area is 121 Å². The van der Waals surface area contributed by atoms with Gasteiger partial charge >= 0.3 is 0 Å². The summed E-state index contributed by atoms with van der Waals surface area (Å²) in [4.78, 5) is 12.5. The zero-order valence-electron chi connectivity index (χ0n) is 13.1. The lowest BCUT2D eigenvalue weighted by molar-refractivity contribution is 0.0891. The van der Waals surface area contributed by atoms with E-state index in [9.17, 15) is 4.79 Å².